The molecular weight excluding hydrogens is 1350 g/mol. The van der Waals surface area contributed by atoms with E-state index in [2.05, 4.69) is 380 Å². The smallest absolute Gasteiger partial charge is 0.256 e. The summed E-state index contributed by atoms with van der Waals surface area (Å²) < 4.78 is 21.1. The van der Waals surface area contributed by atoms with Crippen LogP contribution in [-0.4, -0.2) is 13.4 Å². The third-order valence-electron chi connectivity index (χ3n) is 23.2. The molecule has 0 radical (unpaired) electrons. The van der Waals surface area contributed by atoms with Crippen LogP contribution >= 0.6 is 11.8 Å². The largest absolute Gasteiger partial charge is 0.458 e. The van der Waals surface area contributed by atoms with Crippen LogP contribution in [-0.2, 0) is 0 Å². The second-order valence-corrected chi connectivity index (χ2v) is 30.2. The molecule has 510 valence electrons. The average Bonchev–Trinajstić information content (AvgIpc) is 0.763. The summed E-state index contributed by atoms with van der Waals surface area (Å²) in [6, 6.07) is 139. The molecule has 19 aromatic rings. The minimum absolute atomic E-state index is 0.277. The molecule has 0 atom stereocenters. The molecular formula is C102H62B2N2O3S. The van der Waals surface area contributed by atoms with Crippen molar-refractivity contribution in [3.63, 3.8) is 0 Å². The van der Waals surface area contributed by atoms with Gasteiger partial charge in [0, 0.05) is 82.0 Å². The third kappa shape index (κ3) is 9.72. The van der Waals surface area contributed by atoms with Crippen molar-refractivity contribution < 1.29 is 13.6 Å². The van der Waals surface area contributed by atoms with Gasteiger partial charge in [-0.1, -0.05) is 314 Å². The number of ether oxygens (including phenoxy) is 1. The fourth-order valence-electron chi connectivity index (χ4n) is 18.3. The van der Waals surface area contributed by atoms with Crippen LogP contribution in [0.1, 0.15) is 0 Å². The van der Waals surface area contributed by atoms with Crippen LogP contribution in [0.5, 0.6) is 11.5 Å². The number of hydrogen-bond acceptors (Lipinski definition) is 6. The van der Waals surface area contributed by atoms with Crippen molar-refractivity contribution in [2.24, 2.45) is 0 Å². The second kappa shape index (κ2) is 24.9. The van der Waals surface area contributed by atoms with E-state index in [0.717, 1.165) is 167 Å². The first-order valence-corrected chi connectivity index (χ1v) is 38.6. The summed E-state index contributed by atoms with van der Waals surface area (Å²) in [6.07, 6.45) is 0. The lowest BCUT2D eigenvalue weighted by Gasteiger charge is -2.45. The Morgan fingerprint density at radius 1 is 0.255 bits per heavy atom. The molecule has 2 aromatic heterocycles. The van der Waals surface area contributed by atoms with E-state index in [4.69, 9.17) is 13.6 Å². The normalized spacial score (nSPS) is 12.9. The zero-order valence-corrected chi connectivity index (χ0v) is 60.3. The van der Waals surface area contributed by atoms with Gasteiger partial charge in [0.25, 0.3) is 6.71 Å². The van der Waals surface area contributed by atoms with Crippen LogP contribution in [0.2, 0.25) is 0 Å². The van der Waals surface area contributed by atoms with Crippen molar-refractivity contribution in [1.29, 1.82) is 0 Å². The number of anilines is 6. The SMILES string of the molecule is c1ccc(-c2ccc3c(c2-c2ccccc2)Oc2cc(-c4ccc5oc6ccccc6c5c4)cc4c2B3c2cc3c(cc2N4c2ccccc2)N(c2c(-c4ccccc4)cccc2-c2ccccc2)c2cc(-c4ccc5oc6ccccc6c5c4)cc4c2B3c2ccc(-c3ccccc3)c(-c3ccccc3)c2S4)cc1. The van der Waals surface area contributed by atoms with E-state index in [1.807, 2.05) is 17.8 Å². The number of nitrogens with zero attached hydrogens (tertiary/aromatic N) is 2. The zero-order valence-electron chi connectivity index (χ0n) is 59.5. The molecule has 0 N–H and O–H groups in total. The highest BCUT2D eigenvalue weighted by atomic mass is 32.2. The quantitative estimate of drug-likeness (QED) is 0.127. The summed E-state index contributed by atoms with van der Waals surface area (Å²) in [4.78, 5) is 7.68. The zero-order chi connectivity index (χ0) is 72.1. The van der Waals surface area contributed by atoms with Gasteiger partial charge in [0.15, 0.2) is 0 Å². The summed E-state index contributed by atoms with van der Waals surface area (Å²) in [6.45, 7) is -0.606. The Morgan fingerprint density at radius 2 is 0.691 bits per heavy atom. The molecule has 0 fully saturated rings. The predicted molar refractivity (Wildman–Crippen MR) is 460 cm³/mol. The number of para-hydroxylation sites is 4. The summed E-state index contributed by atoms with van der Waals surface area (Å²) in [5, 5.41) is 4.31. The van der Waals surface area contributed by atoms with Gasteiger partial charge in [-0.2, -0.15) is 0 Å². The Morgan fingerprint density at radius 3 is 1.25 bits per heavy atom. The fourth-order valence-corrected chi connectivity index (χ4v) is 19.7. The molecule has 0 spiro atoms. The first kappa shape index (κ1) is 62.4. The van der Waals surface area contributed by atoms with Gasteiger partial charge in [0.1, 0.15) is 33.8 Å². The highest BCUT2D eigenvalue weighted by molar-refractivity contribution is 8.00. The van der Waals surface area contributed by atoms with Crippen LogP contribution in [0.3, 0.4) is 0 Å². The molecule has 23 rings (SSSR count). The highest BCUT2D eigenvalue weighted by Gasteiger charge is 2.49. The van der Waals surface area contributed by atoms with Gasteiger partial charge in [0.05, 0.1) is 5.69 Å². The Hall–Kier alpha value is -13.8. The maximum atomic E-state index is 7.96. The van der Waals surface area contributed by atoms with E-state index in [1.54, 1.807) is 0 Å². The monoisotopic (exact) mass is 1420 g/mol. The number of furan rings is 2. The number of rotatable bonds is 10. The predicted octanol–water partition coefficient (Wildman–Crippen LogP) is 24.0. The average molecular weight is 1420 g/mol. The molecule has 6 heterocycles. The molecule has 0 unspecified atom stereocenters. The molecule has 0 saturated heterocycles. The number of fused-ring (bicyclic) bond motifs is 14. The van der Waals surface area contributed by atoms with Crippen molar-refractivity contribution in [2.45, 2.75) is 9.79 Å². The minimum atomic E-state index is -0.328. The van der Waals surface area contributed by atoms with Gasteiger partial charge < -0.3 is 23.4 Å². The summed E-state index contributed by atoms with van der Waals surface area (Å²) >= 11 is 1.92. The van der Waals surface area contributed by atoms with Crippen molar-refractivity contribution in [3.8, 4) is 101 Å². The maximum Gasteiger partial charge on any atom is 0.256 e. The van der Waals surface area contributed by atoms with E-state index >= 15 is 0 Å². The molecule has 17 aromatic carbocycles. The van der Waals surface area contributed by atoms with Crippen LogP contribution in [0, 0.1) is 0 Å². The Balaban J connectivity index is 0.874. The van der Waals surface area contributed by atoms with E-state index < -0.39 is 0 Å². The molecule has 8 heteroatoms. The van der Waals surface area contributed by atoms with Crippen LogP contribution in [0.15, 0.2) is 395 Å². The van der Waals surface area contributed by atoms with Gasteiger partial charge in [0.2, 0.25) is 6.71 Å². The molecule has 4 aliphatic rings. The summed E-state index contributed by atoms with van der Waals surface area (Å²) in [5.74, 6) is 1.66. The van der Waals surface area contributed by atoms with Crippen LogP contribution in [0.25, 0.3) is 133 Å². The van der Waals surface area contributed by atoms with Crippen molar-refractivity contribution in [3.05, 3.63) is 376 Å². The highest BCUT2D eigenvalue weighted by Crippen LogP contribution is 2.55. The Labute approximate surface area is 641 Å². The van der Waals surface area contributed by atoms with Gasteiger partial charge in [-0.25, -0.2) is 0 Å². The van der Waals surface area contributed by atoms with Crippen LogP contribution < -0.4 is 47.3 Å². The minimum Gasteiger partial charge on any atom is -0.458 e. The lowest BCUT2D eigenvalue weighted by atomic mass is 9.31. The van der Waals surface area contributed by atoms with E-state index in [0.29, 0.717) is 0 Å². The lowest BCUT2D eigenvalue weighted by molar-refractivity contribution is 0.489. The fraction of sp³-hybridized carbons (Fsp3) is 0. The molecule has 4 aliphatic heterocycles. The van der Waals surface area contributed by atoms with E-state index in [1.165, 1.54) is 53.9 Å². The third-order valence-corrected chi connectivity index (χ3v) is 24.4. The molecule has 0 saturated carbocycles. The lowest BCUT2D eigenvalue weighted by Crippen LogP contribution is -2.64. The van der Waals surface area contributed by atoms with Crippen molar-refractivity contribution >= 4 is 136 Å². The van der Waals surface area contributed by atoms with E-state index in [9.17, 15) is 0 Å². The summed E-state index contributed by atoms with van der Waals surface area (Å²) in [7, 11) is 0. The van der Waals surface area contributed by atoms with E-state index in [-0.39, 0.29) is 13.4 Å². The number of hydrogen-bond donors (Lipinski definition) is 0. The van der Waals surface area contributed by atoms with Crippen molar-refractivity contribution in [1.82, 2.24) is 0 Å². The Kier molecular flexibility index (Phi) is 14.1. The second-order valence-electron chi connectivity index (χ2n) is 29.2. The van der Waals surface area contributed by atoms with Gasteiger partial charge in [-0.05, 0) is 173 Å². The topological polar surface area (TPSA) is 42.0 Å². The molecule has 110 heavy (non-hydrogen) atoms. The van der Waals surface area contributed by atoms with Gasteiger partial charge >= 0.3 is 0 Å². The van der Waals surface area contributed by atoms with Crippen molar-refractivity contribution in [2.75, 3.05) is 9.80 Å². The van der Waals surface area contributed by atoms with Gasteiger partial charge in [-0.15, -0.1) is 0 Å². The molecule has 0 bridgehead atoms. The van der Waals surface area contributed by atoms with Crippen LogP contribution in [0.4, 0.5) is 34.1 Å². The standard InChI is InChI=1S/C102H62B2N2O3S/c1-8-27-63(28-9-1)74-49-51-82-101(96(74)67-35-16-5-17-36-67)109-94-59-71(69-47-53-92-80(55-69)78-41-22-24-45-90(78)107-92)57-88-98(94)103(82)84-61-85-87(62-86(84)105(88)73-39-20-7-21-40-73)106(100-76(65-31-12-3-13-32-65)43-26-44-77(100)66-33-14-4-15-34-66)89-58-72(70-48-54-93-81(56-70)79-42-23-25-46-91(79)108-93)60-95-99(89)104(85)83-52-50-75(64-29-10-2-11-30-64)97(102(83)110-95)68-37-18-6-19-38-68/h1-62H. The van der Waals surface area contributed by atoms with Gasteiger partial charge in [-0.3, -0.25) is 0 Å². The number of benzene rings is 17. The molecule has 0 amide bonds. The summed E-state index contributed by atoms with van der Waals surface area (Å²) in [5.41, 5.74) is 34.9. The maximum absolute atomic E-state index is 7.96. The first-order chi connectivity index (χ1) is 54.6. The first-order valence-electron chi connectivity index (χ1n) is 37.7. The molecule has 0 aliphatic carbocycles. The Bertz CT molecular complexity index is 6910. The molecule has 5 nitrogen and oxygen atoms in total.